The number of hydrogen-bond donors (Lipinski definition) is 1. The predicted molar refractivity (Wildman–Crippen MR) is 93.6 cm³/mol. The van der Waals surface area contributed by atoms with E-state index < -0.39 is 28.8 Å². The fourth-order valence-electron chi connectivity index (χ4n) is 4.17. The van der Waals surface area contributed by atoms with Gasteiger partial charge in [-0.05, 0) is 45.7 Å². The van der Waals surface area contributed by atoms with Gasteiger partial charge in [0.25, 0.3) is 5.91 Å². The molecule has 0 aromatic heterocycles. The molecule has 4 nitrogen and oxygen atoms in total. The first kappa shape index (κ1) is 19.5. The first-order valence-electron chi connectivity index (χ1n) is 8.39. The van der Waals surface area contributed by atoms with Gasteiger partial charge in [0.2, 0.25) is 0 Å². The molecule has 2 aliphatic rings. The normalized spacial score (nSPS) is 27.3. The van der Waals surface area contributed by atoms with Crippen molar-refractivity contribution >= 4 is 21.8 Å². The van der Waals surface area contributed by atoms with Crippen molar-refractivity contribution in [2.45, 2.75) is 57.0 Å². The Labute approximate surface area is 158 Å². The van der Waals surface area contributed by atoms with Crippen LogP contribution in [0.2, 0.25) is 0 Å². The van der Waals surface area contributed by atoms with Crippen LogP contribution in [0.15, 0.2) is 12.1 Å². The smallest absolute Gasteiger partial charge is 0.416 e. The number of benzene rings is 1. The van der Waals surface area contributed by atoms with E-state index in [1.54, 1.807) is 20.8 Å². The van der Waals surface area contributed by atoms with Gasteiger partial charge in [0, 0.05) is 22.5 Å². The second-order valence-electron chi connectivity index (χ2n) is 7.72. The van der Waals surface area contributed by atoms with Crippen LogP contribution in [0.25, 0.3) is 0 Å². The number of hydrogen-bond acceptors (Lipinski definition) is 3. The first-order chi connectivity index (χ1) is 11.9. The summed E-state index contributed by atoms with van der Waals surface area (Å²) < 4.78 is 46.5. The zero-order chi connectivity index (χ0) is 19.5. The summed E-state index contributed by atoms with van der Waals surface area (Å²) in [5, 5.41) is 10.5. The maximum atomic E-state index is 13.7. The topological polar surface area (TPSA) is 49.8 Å². The van der Waals surface area contributed by atoms with Gasteiger partial charge in [0.1, 0.15) is 5.75 Å². The first-order valence-corrected chi connectivity index (χ1v) is 9.51. The quantitative estimate of drug-likeness (QED) is 0.724. The van der Waals surface area contributed by atoms with Crippen LogP contribution in [0, 0.1) is 0 Å². The maximum Gasteiger partial charge on any atom is 0.416 e. The Morgan fingerprint density at radius 1 is 1.31 bits per heavy atom. The maximum absolute atomic E-state index is 13.7. The Hall–Kier alpha value is -1.28. The summed E-state index contributed by atoms with van der Waals surface area (Å²) in [6.07, 6.45) is -3.90. The molecule has 1 fully saturated rings. The van der Waals surface area contributed by atoms with E-state index in [9.17, 15) is 23.1 Å². The number of fused-ring (bicyclic) bond motifs is 1. The van der Waals surface area contributed by atoms with Crippen LogP contribution in [0.3, 0.4) is 0 Å². The van der Waals surface area contributed by atoms with E-state index in [4.69, 9.17) is 4.74 Å². The molecule has 1 heterocycles. The highest BCUT2D eigenvalue weighted by Gasteiger charge is 2.55. The van der Waals surface area contributed by atoms with Crippen LogP contribution in [-0.2, 0) is 11.7 Å². The minimum absolute atomic E-state index is 0.0206. The minimum Gasteiger partial charge on any atom is -0.493 e. The summed E-state index contributed by atoms with van der Waals surface area (Å²) >= 11 is 3.17. The molecule has 1 aliphatic carbocycles. The van der Waals surface area contributed by atoms with Crippen molar-refractivity contribution in [1.82, 2.24) is 4.90 Å². The second kappa shape index (κ2) is 6.12. The number of carbonyl (C=O) groups is 1. The molecule has 26 heavy (non-hydrogen) atoms. The third-order valence-corrected chi connectivity index (χ3v) is 5.47. The second-order valence-corrected chi connectivity index (χ2v) is 8.51. The summed E-state index contributed by atoms with van der Waals surface area (Å²) in [7, 11) is 0. The van der Waals surface area contributed by atoms with Gasteiger partial charge in [0.15, 0.2) is 0 Å². The highest BCUT2D eigenvalue weighted by atomic mass is 79.9. The summed E-state index contributed by atoms with van der Waals surface area (Å²) in [5.74, 6) is -0.414. The molecule has 3 rings (SSSR count). The molecule has 0 unspecified atom stereocenters. The molecule has 144 valence electrons. The number of nitrogens with zero attached hydrogens (tertiary/aromatic N) is 1. The Balaban J connectivity index is 2.09. The Morgan fingerprint density at radius 3 is 2.42 bits per heavy atom. The molecule has 0 atom stereocenters. The number of amides is 1. The SMILES string of the molecule is CC1(O)CC(N2C(=O)c3cc(OCCBr)cc(C(F)(F)F)c3C2(C)C)C1. The standard InChI is InChI=1S/C18H21BrF3NO3/c1-16(2)14-12(15(24)23(16)10-8-17(3,25)9-10)6-11(26-5-4-19)7-13(14)18(20,21)22/h6-7,10,25H,4-5,8-9H2,1-3H3. The van der Waals surface area contributed by atoms with Gasteiger partial charge in [0.05, 0.1) is 23.3 Å². The van der Waals surface area contributed by atoms with E-state index in [2.05, 4.69) is 15.9 Å². The summed E-state index contributed by atoms with van der Waals surface area (Å²) in [6, 6.07) is 2.08. The van der Waals surface area contributed by atoms with Crippen LogP contribution in [0.1, 0.15) is 55.1 Å². The van der Waals surface area contributed by atoms with E-state index in [0.717, 1.165) is 6.07 Å². The fourth-order valence-corrected chi connectivity index (χ4v) is 4.33. The Bertz CT molecular complexity index is 738. The zero-order valence-electron chi connectivity index (χ0n) is 14.8. The average molecular weight is 436 g/mol. The molecule has 1 aromatic carbocycles. The van der Waals surface area contributed by atoms with Crippen LogP contribution >= 0.6 is 15.9 Å². The lowest BCUT2D eigenvalue weighted by atomic mass is 9.75. The third kappa shape index (κ3) is 3.11. The molecule has 1 aromatic rings. The van der Waals surface area contributed by atoms with Gasteiger partial charge >= 0.3 is 6.18 Å². The summed E-state index contributed by atoms with van der Waals surface area (Å²) in [5.41, 5.74) is -2.83. The van der Waals surface area contributed by atoms with Gasteiger partial charge in [-0.2, -0.15) is 13.2 Å². The van der Waals surface area contributed by atoms with Crippen molar-refractivity contribution in [2.24, 2.45) is 0 Å². The van der Waals surface area contributed by atoms with Crippen molar-refractivity contribution in [2.75, 3.05) is 11.9 Å². The minimum atomic E-state index is -4.60. The van der Waals surface area contributed by atoms with E-state index in [1.165, 1.54) is 11.0 Å². The summed E-state index contributed by atoms with van der Waals surface area (Å²) in [6.45, 7) is 5.11. The number of alkyl halides is 4. The van der Waals surface area contributed by atoms with Crippen LogP contribution in [0.4, 0.5) is 13.2 Å². The average Bonchev–Trinajstić information content (AvgIpc) is 2.68. The number of aliphatic hydroxyl groups is 1. The van der Waals surface area contributed by atoms with E-state index in [-0.39, 0.29) is 29.5 Å². The van der Waals surface area contributed by atoms with Crippen LogP contribution < -0.4 is 4.74 Å². The van der Waals surface area contributed by atoms with E-state index in [0.29, 0.717) is 18.2 Å². The van der Waals surface area contributed by atoms with Crippen molar-refractivity contribution in [1.29, 1.82) is 0 Å². The third-order valence-electron chi connectivity index (χ3n) is 5.14. The van der Waals surface area contributed by atoms with Gasteiger partial charge in [-0.1, -0.05) is 15.9 Å². The molecule has 8 heteroatoms. The molecule has 0 spiro atoms. The lowest BCUT2D eigenvalue weighted by Gasteiger charge is -2.50. The predicted octanol–water partition coefficient (Wildman–Crippen LogP) is 4.08. The zero-order valence-corrected chi connectivity index (χ0v) is 16.4. The molecule has 0 saturated heterocycles. The van der Waals surface area contributed by atoms with E-state index >= 15 is 0 Å². The summed E-state index contributed by atoms with van der Waals surface area (Å²) in [4.78, 5) is 14.5. The van der Waals surface area contributed by atoms with Crippen LogP contribution in [0.5, 0.6) is 5.75 Å². The van der Waals surface area contributed by atoms with Gasteiger partial charge in [-0.25, -0.2) is 0 Å². The van der Waals surface area contributed by atoms with E-state index in [1.807, 2.05) is 0 Å². The highest BCUT2D eigenvalue weighted by Crippen LogP contribution is 2.51. The molecule has 1 N–H and O–H groups in total. The fraction of sp³-hybridized carbons (Fsp3) is 0.611. The Kier molecular flexibility index (Phi) is 4.59. The van der Waals surface area contributed by atoms with Gasteiger partial charge in [-0.15, -0.1) is 0 Å². The van der Waals surface area contributed by atoms with Crippen molar-refractivity contribution in [3.63, 3.8) is 0 Å². The molecule has 1 aliphatic heterocycles. The molecule has 1 amide bonds. The number of rotatable bonds is 4. The lowest BCUT2D eigenvalue weighted by Crippen LogP contribution is -2.58. The van der Waals surface area contributed by atoms with Crippen molar-refractivity contribution < 1.29 is 27.8 Å². The number of carbonyl (C=O) groups excluding carboxylic acids is 1. The lowest BCUT2D eigenvalue weighted by molar-refractivity contribution is -0.140. The van der Waals surface area contributed by atoms with Gasteiger partial charge < -0.3 is 14.7 Å². The largest absolute Gasteiger partial charge is 0.493 e. The molecule has 1 saturated carbocycles. The van der Waals surface area contributed by atoms with Crippen molar-refractivity contribution in [3.05, 3.63) is 28.8 Å². The molecule has 0 radical (unpaired) electrons. The molecular formula is C18H21BrF3NO3. The van der Waals surface area contributed by atoms with Crippen LogP contribution in [-0.4, -0.2) is 39.5 Å². The number of halogens is 4. The van der Waals surface area contributed by atoms with Crippen molar-refractivity contribution in [3.8, 4) is 5.75 Å². The highest BCUT2D eigenvalue weighted by molar-refractivity contribution is 9.09. The molecular weight excluding hydrogens is 415 g/mol. The molecule has 0 bridgehead atoms. The number of ether oxygens (including phenoxy) is 1. The van der Waals surface area contributed by atoms with Gasteiger partial charge in [-0.3, -0.25) is 4.79 Å². The Morgan fingerprint density at radius 2 is 1.92 bits per heavy atom. The monoisotopic (exact) mass is 435 g/mol.